The van der Waals surface area contributed by atoms with Gasteiger partial charge >= 0.3 is 0 Å². The van der Waals surface area contributed by atoms with Crippen molar-refractivity contribution in [1.29, 1.82) is 0 Å². The number of benzene rings is 2. The molecule has 1 amide bonds. The molecular formula is C29H40N2O2. The van der Waals surface area contributed by atoms with E-state index >= 15 is 0 Å². The zero-order valence-electron chi connectivity index (χ0n) is 20.6. The summed E-state index contributed by atoms with van der Waals surface area (Å²) in [5.41, 5.74) is 2.77. The van der Waals surface area contributed by atoms with E-state index in [-0.39, 0.29) is 5.91 Å². The molecule has 2 atom stereocenters. The maximum Gasteiger partial charge on any atom is 0.235 e. The molecule has 2 aliphatic rings. The highest BCUT2D eigenvalue weighted by Crippen LogP contribution is 2.41. The maximum atomic E-state index is 13.5. The highest BCUT2D eigenvalue weighted by atomic mass is 16.5. The molecule has 4 heteroatoms. The van der Waals surface area contributed by atoms with Crippen LogP contribution in [0.25, 0.3) is 0 Å². The number of aryl methyl sites for hydroxylation is 1. The first-order valence-corrected chi connectivity index (χ1v) is 12.8. The minimum Gasteiger partial charge on any atom is -0.492 e. The molecule has 1 saturated carbocycles. The summed E-state index contributed by atoms with van der Waals surface area (Å²) in [4.78, 5) is 16.1. The average Bonchev–Trinajstić information content (AvgIpc) is 2.80. The van der Waals surface area contributed by atoms with E-state index < -0.39 is 5.41 Å². The normalized spacial score (nSPS) is 23.1. The number of hydrogen-bond donors (Lipinski definition) is 1. The van der Waals surface area contributed by atoms with Gasteiger partial charge < -0.3 is 10.1 Å². The SMILES string of the molecule is Cc1cccc(C2(C(=O)Nc3ccc(OCCN4CC(C)CC(C)C4)cc3)CCCCC2)c1. The van der Waals surface area contributed by atoms with Crippen molar-refractivity contribution in [3.8, 4) is 5.75 Å². The smallest absolute Gasteiger partial charge is 0.235 e. The van der Waals surface area contributed by atoms with E-state index in [2.05, 4.69) is 55.3 Å². The third kappa shape index (κ3) is 5.97. The van der Waals surface area contributed by atoms with Crippen molar-refractivity contribution >= 4 is 11.6 Å². The summed E-state index contributed by atoms with van der Waals surface area (Å²) in [6.07, 6.45) is 6.57. The number of carbonyl (C=O) groups is 1. The van der Waals surface area contributed by atoms with Gasteiger partial charge in [-0.25, -0.2) is 0 Å². The molecule has 178 valence electrons. The van der Waals surface area contributed by atoms with Crippen molar-refractivity contribution in [3.63, 3.8) is 0 Å². The van der Waals surface area contributed by atoms with Gasteiger partial charge in [0.05, 0.1) is 5.41 Å². The molecule has 2 aromatic rings. The molecule has 0 bridgehead atoms. The quantitative estimate of drug-likeness (QED) is 0.549. The Balaban J connectivity index is 1.35. The highest BCUT2D eigenvalue weighted by molar-refractivity contribution is 5.99. The fourth-order valence-corrected chi connectivity index (χ4v) is 5.90. The first-order chi connectivity index (χ1) is 15.9. The van der Waals surface area contributed by atoms with Gasteiger partial charge in [-0.1, -0.05) is 62.9 Å². The molecule has 1 aliphatic heterocycles. The van der Waals surface area contributed by atoms with E-state index in [0.717, 1.165) is 61.1 Å². The number of piperidine rings is 1. The Kier molecular flexibility index (Phi) is 7.75. The molecule has 0 radical (unpaired) electrons. The van der Waals surface area contributed by atoms with E-state index in [9.17, 15) is 4.79 Å². The van der Waals surface area contributed by atoms with Crippen molar-refractivity contribution in [2.75, 3.05) is 31.6 Å². The van der Waals surface area contributed by atoms with Crippen LogP contribution >= 0.6 is 0 Å². The van der Waals surface area contributed by atoms with Gasteiger partial charge in [0.1, 0.15) is 12.4 Å². The lowest BCUT2D eigenvalue weighted by molar-refractivity contribution is -0.122. The largest absolute Gasteiger partial charge is 0.492 e. The summed E-state index contributed by atoms with van der Waals surface area (Å²) in [6.45, 7) is 10.8. The van der Waals surface area contributed by atoms with Crippen LogP contribution in [-0.4, -0.2) is 37.0 Å². The number of ether oxygens (including phenoxy) is 1. The monoisotopic (exact) mass is 448 g/mol. The maximum absolute atomic E-state index is 13.5. The lowest BCUT2D eigenvalue weighted by Crippen LogP contribution is -2.42. The molecule has 33 heavy (non-hydrogen) atoms. The number of carbonyl (C=O) groups excluding carboxylic acids is 1. The van der Waals surface area contributed by atoms with Gasteiger partial charge in [-0.3, -0.25) is 9.69 Å². The van der Waals surface area contributed by atoms with Gasteiger partial charge in [-0.05, 0) is 67.9 Å². The molecule has 1 heterocycles. The zero-order chi connectivity index (χ0) is 23.3. The van der Waals surface area contributed by atoms with Crippen LogP contribution in [0.5, 0.6) is 5.75 Å². The lowest BCUT2D eigenvalue weighted by atomic mass is 9.68. The third-order valence-electron chi connectivity index (χ3n) is 7.45. The molecule has 0 spiro atoms. The van der Waals surface area contributed by atoms with Gasteiger partial charge in [-0.2, -0.15) is 0 Å². The minimum atomic E-state index is -0.428. The van der Waals surface area contributed by atoms with Crippen LogP contribution in [0.3, 0.4) is 0 Å². The van der Waals surface area contributed by atoms with Crippen molar-refractivity contribution in [1.82, 2.24) is 4.90 Å². The fraction of sp³-hybridized carbons (Fsp3) is 0.552. The number of hydrogen-bond acceptors (Lipinski definition) is 3. The van der Waals surface area contributed by atoms with Crippen molar-refractivity contribution in [2.45, 2.75) is 64.7 Å². The third-order valence-corrected chi connectivity index (χ3v) is 7.45. The Labute approximate surface area is 199 Å². The topological polar surface area (TPSA) is 41.6 Å². The summed E-state index contributed by atoms with van der Waals surface area (Å²) >= 11 is 0. The number of likely N-dealkylation sites (tertiary alicyclic amines) is 1. The molecule has 4 rings (SSSR count). The molecule has 1 aliphatic carbocycles. The summed E-state index contributed by atoms with van der Waals surface area (Å²) < 4.78 is 6.00. The van der Waals surface area contributed by atoms with Crippen LogP contribution in [0.1, 0.15) is 63.5 Å². The van der Waals surface area contributed by atoms with Crippen LogP contribution in [0.2, 0.25) is 0 Å². The molecular weight excluding hydrogens is 408 g/mol. The van der Waals surface area contributed by atoms with E-state index in [1.165, 1.54) is 31.5 Å². The van der Waals surface area contributed by atoms with Gasteiger partial charge in [0.15, 0.2) is 0 Å². The Morgan fingerprint density at radius 3 is 2.39 bits per heavy atom. The first kappa shape index (κ1) is 23.8. The van der Waals surface area contributed by atoms with Crippen LogP contribution in [-0.2, 0) is 10.2 Å². The van der Waals surface area contributed by atoms with Gasteiger partial charge in [-0.15, -0.1) is 0 Å². The van der Waals surface area contributed by atoms with Crippen LogP contribution in [0, 0.1) is 18.8 Å². The van der Waals surface area contributed by atoms with Crippen LogP contribution in [0.15, 0.2) is 48.5 Å². The molecule has 2 fully saturated rings. The van der Waals surface area contributed by atoms with E-state index in [1.54, 1.807) is 0 Å². The highest BCUT2D eigenvalue weighted by Gasteiger charge is 2.41. The number of nitrogens with zero attached hydrogens (tertiary/aromatic N) is 1. The Bertz CT molecular complexity index is 907. The number of rotatable bonds is 7. The number of amides is 1. The molecule has 2 unspecified atom stereocenters. The minimum absolute atomic E-state index is 0.120. The van der Waals surface area contributed by atoms with E-state index in [4.69, 9.17) is 4.74 Å². The average molecular weight is 449 g/mol. The first-order valence-electron chi connectivity index (χ1n) is 12.8. The molecule has 4 nitrogen and oxygen atoms in total. The van der Waals surface area contributed by atoms with Crippen molar-refractivity contribution < 1.29 is 9.53 Å². The molecule has 1 N–H and O–H groups in total. The Hall–Kier alpha value is -2.33. The van der Waals surface area contributed by atoms with E-state index in [1.807, 2.05) is 24.3 Å². The second-order valence-electron chi connectivity index (χ2n) is 10.5. The number of nitrogens with one attached hydrogen (secondary N) is 1. The number of anilines is 1. The second-order valence-corrected chi connectivity index (χ2v) is 10.5. The zero-order valence-corrected chi connectivity index (χ0v) is 20.6. The van der Waals surface area contributed by atoms with E-state index in [0.29, 0.717) is 6.61 Å². The van der Waals surface area contributed by atoms with Crippen molar-refractivity contribution in [3.05, 3.63) is 59.7 Å². The van der Waals surface area contributed by atoms with Gasteiger partial charge in [0.25, 0.3) is 0 Å². The summed E-state index contributed by atoms with van der Waals surface area (Å²) in [5.74, 6) is 2.51. The Morgan fingerprint density at radius 1 is 1.03 bits per heavy atom. The fourth-order valence-electron chi connectivity index (χ4n) is 5.90. The van der Waals surface area contributed by atoms with Crippen molar-refractivity contribution in [2.24, 2.45) is 11.8 Å². The predicted octanol–water partition coefficient (Wildman–Crippen LogP) is 6.19. The second kappa shape index (κ2) is 10.7. The predicted molar refractivity (Wildman–Crippen MR) is 136 cm³/mol. The molecule has 2 aromatic carbocycles. The van der Waals surface area contributed by atoms with Gasteiger partial charge in [0.2, 0.25) is 5.91 Å². The van der Waals surface area contributed by atoms with Gasteiger partial charge in [0, 0.05) is 25.3 Å². The molecule has 0 aromatic heterocycles. The summed E-state index contributed by atoms with van der Waals surface area (Å²) in [6, 6.07) is 16.4. The standard InChI is InChI=1S/C29H40N2O2/c1-22-8-7-9-25(19-22)29(14-5-4-6-15-29)28(32)30-26-10-12-27(13-11-26)33-17-16-31-20-23(2)18-24(3)21-31/h7-13,19,23-24H,4-6,14-18,20-21H2,1-3H3,(H,30,32). The Morgan fingerprint density at radius 2 is 1.73 bits per heavy atom. The van der Waals surface area contributed by atoms with Crippen LogP contribution in [0.4, 0.5) is 5.69 Å². The summed E-state index contributed by atoms with van der Waals surface area (Å²) in [7, 11) is 0. The molecule has 1 saturated heterocycles. The summed E-state index contributed by atoms with van der Waals surface area (Å²) in [5, 5.41) is 3.21. The lowest BCUT2D eigenvalue weighted by Gasteiger charge is -2.36. The van der Waals surface area contributed by atoms with Crippen LogP contribution < -0.4 is 10.1 Å².